The van der Waals surface area contributed by atoms with Gasteiger partial charge in [0.25, 0.3) is 0 Å². The molecule has 0 saturated heterocycles. The number of amides is 1. The minimum atomic E-state index is -0.403. The number of allylic oxidation sites excluding steroid dienone is 1. The molecule has 6 nitrogen and oxygen atoms in total. The van der Waals surface area contributed by atoms with Gasteiger partial charge in [-0.15, -0.1) is 11.3 Å². The van der Waals surface area contributed by atoms with Crippen molar-refractivity contribution >= 4 is 22.8 Å². The van der Waals surface area contributed by atoms with Gasteiger partial charge in [-0.3, -0.25) is 9.59 Å². The SMILES string of the molecule is Cc1noc2c1-c1sc(C)c(C)c1C(c1ccc(=O)n(C)c1)=C[C@H]2CC(N)=O. The Morgan fingerprint density at radius 2 is 2.04 bits per heavy atom. The summed E-state index contributed by atoms with van der Waals surface area (Å²) in [5.41, 5.74) is 11.4. The zero-order valence-electron chi connectivity index (χ0n) is 16.2. The van der Waals surface area contributed by atoms with Crippen LogP contribution >= 0.6 is 11.3 Å². The topological polar surface area (TPSA) is 91.1 Å². The second-order valence-electron chi connectivity index (χ2n) is 7.22. The average molecular weight is 395 g/mol. The molecule has 1 aliphatic carbocycles. The van der Waals surface area contributed by atoms with Gasteiger partial charge in [-0.2, -0.15) is 0 Å². The van der Waals surface area contributed by atoms with E-state index in [0.717, 1.165) is 32.8 Å². The molecule has 1 amide bonds. The van der Waals surface area contributed by atoms with E-state index in [1.165, 1.54) is 10.4 Å². The smallest absolute Gasteiger partial charge is 0.250 e. The Bertz CT molecular complexity index is 1200. The van der Waals surface area contributed by atoms with Crippen LogP contribution in [0.5, 0.6) is 0 Å². The number of nitrogens with two attached hydrogens (primary N) is 1. The molecule has 2 N–H and O–H groups in total. The zero-order chi connectivity index (χ0) is 20.2. The van der Waals surface area contributed by atoms with E-state index in [9.17, 15) is 9.59 Å². The van der Waals surface area contributed by atoms with E-state index in [4.69, 9.17) is 10.3 Å². The highest BCUT2D eigenvalue weighted by atomic mass is 32.1. The molecule has 0 spiro atoms. The summed E-state index contributed by atoms with van der Waals surface area (Å²) in [7, 11) is 1.73. The molecule has 0 unspecified atom stereocenters. The summed E-state index contributed by atoms with van der Waals surface area (Å²) in [5.74, 6) is -0.0573. The molecule has 0 bridgehead atoms. The largest absolute Gasteiger partial charge is 0.370 e. The predicted octanol–water partition coefficient (Wildman–Crippen LogP) is 3.43. The average Bonchev–Trinajstić information content (AvgIpc) is 3.10. The van der Waals surface area contributed by atoms with Crippen LogP contribution in [0.4, 0.5) is 0 Å². The van der Waals surface area contributed by atoms with Gasteiger partial charge < -0.3 is 14.8 Å². The molecular formula is C21H21N3O3S. The zero-order valence-corrected chi connectivity index (χ0v) is 17.0. The quantitative estimate of drug-likeness (QED) is 0.735. The predicted molar refractivity (Wildman–Crippen MR) is 109 cm³/mol. The summed E-state index contributed by atoms with van der Waals surface area (Å²) < 4.78 is 7.22. The summed E-state index contributed by atoms with van der Waals surface area (Å²) in [6.45, 7) is 6.10. The Hall–Kier alpha value is -2.93. The van der Waals surface area contributed by atoms with Gasteiger partial charge in [0.05, 0.1) is 11.3 Å². The Morgan fingerprint density at radius 1 is 1.29 bits per heavy atom. The number of rotatable bonds is 3. The molecule has 0 saturated carbocycles. The van der Waals surface area contributed by atoms with Crippen molar-refractivity contribution in [3.8, 4) is 10.4 Å². The van der Waals surface area contributed by atoms with Gasteiger partial charge in [-0.25, -0.2) is 0 Å². The highest BCUT2D eigenvalue weighted by molar-refractivity contribution is 7.16. The third-order valence-electron chi connectivity index (χ3n) is 5.29. The molecule has 1 aliphatic rings. The molecular weight excluding hydrogens is 374 g/mol. The van der Waals surface area contributed by atoms with E-state index in [2.05, 4.69) is 19.0 Å². The molecule has 0 aromatic carbocycles. The number of carbonyl (C=O) groups is 1. The number of aryl methyl sites for hydroxylation is 3. The number of primary amides is 1. The fourth-order valence-electron chi connectivity index (χ4n) is 3.77. The highest BCUT2D eigenvalue weighted by Crippen LogP contribution is 2.49. The summed E-state index contributed by atoms with van der Waals surface area (Å²) >= 11 is 1.69. The Balaban J connectivity index is 2.06. The number of fused-ring (bicyclic) bond motifs is 3. The third kappa shape index (κ3) is 2.82. The van der Waals surface area contributed by atoms with Crippen LogP contribution in [0, 0.1) is 20.8 Å². The standard InChI is InChI=1S/C21H21N3O3S/c1-10-12(3)28-21-18(10)15(13-5-6-17(26)24(4)9-13)7-14(8-16(22)25)20-19(21)11(2)23-27-20/h5-7,9,14H,8H2,1-4H3,(H2,22,25)/t14-/m0/s1. The van der Waals surface area contributed by atoms with E-state index in [1.54, 1.807) is 29.0 Å². The first kappa shape index (κ1) is 18.4. The van der Waals surface area contributed by atoms with Gasteiger partial charge in [0.1, 0.15) is 0 Å². The minimum absolute atomic E-state index is 0.0722. The minimum Gasteiger partial charge on any atom is -0.370 e. The van der Waals surface area contributed by atoms with Gasteiger partial charge >= 0.3 is 0 Å². The van der Waals surface area contributed by atoms with Gasteiger partial charge in [-0.1, -0.05) is 11.2 Å². The van der Waals surface area contributed by atoms with Gasteiger partial charge in [0, 0.05) is 47.0 Å². The summed E-state index contributed by atoms with van der Waals surface area (Å²) in [4.78, 5) is 25.9. The molecule has 0 radical (unpaired) electrons. The summed E-state index contributed by atoms with van der Waals surface area (Å²) in [5, 5.41) is 4.16. The first-order valence-corrected chi connectivity index (χ1v) is 9.83. The maximum absolute atomic E-state index is 11.9. The van der Waals surface area contributed by atoms with E-state index in [1.807, 2.05) is 25.3 Å². The van der Waals surface area contributed by atoms with E-state index < -0.39 is 5.91 Å². The first-order chi connectivity index (χ1) is 13.3. The second-order valence-corrected chi connectivity index (χ2v) is 8.44. The first-order valence-electron chi connectivity index (χ1n) is 9.02. The van der Waals surface area contributed by atoms with Crippen molar-refractivity contribution in [2.24, 2.45) is 12.8 Å². The number of carbonyl (C=O) groups excluding carboxylic acids is 1. The lowest BCUT2D eigenvalue weighted by Crippen LogP contribution is -2.15. The van der Waals surface area contributed by atoms with Gasteiger partial charge in [-0.05, 0) is 43.5 Å². The number of hydrogen-bond donors (Lipinski definition) is 1. The lowest BCUT2D eigenvalue weighted by Gasteiger charge is -2.12. The van der Waals surface area contributed by atoms with Crippen molar-refractivity contribution in [3.05, 3.63) is 67.8 Å². The van der Waals surface area contributed by atoms with Gasteiger partial charge in [0.2, 0.25) is 11.5 Å². The van der Waals surface area contributed by atoms with Crippen molar-refractivity contribution < 1.29 is 9.32 Å². The van der Waals surface area contributed by atoms with Crippen molar-refractivity contribution in [1.29, 1.82) is 0 Å². The van der Waals surface area contributed by atoms with Crippen LogP contribution in [0.15, 0.2) is 33.7 Å². The van der Waals surface area contributed by atoms with Crippen LogP contribution in [0.1, 0.15) is 45.4 Å². The fraction of sp³-hybridized carbons (Fsp3) is 0.286. The molecule has 7 heteroatoms. The monoisotopic (exact) mass is 395 g/mol. The number of aromatic nitrogens is 2. The van der Waals surface area contributed by atoms with Crippen LogP contribution in [-0.4, -0.2) is 15.6 Å². The second kappa shape index (κ2) is 6.60. The van der Waals surface area contributed by atoms with Crippen molar-refractivity contribution in [1.82, 2.24) is 9.72 Å². The normalized spacial score (nSPS) is 15.6. The Morgan fingerprint density at radius 3 is 2.71 bits per heavy atom. The number of thiophene rings is 1. The van der Waals surface area contributed by atoms with E-state index >= 15 is 0 Å². The number of hydrogen-bond acceptors (Lipinski definition) is 5. The molecule has 1 atom stereocenters. The van der Waals surface area contributed by atoms with Crippen LogP contribution < -0.4 is 11.3 Å². The summed E-state index contributed by atoms with van der Waals surface area (Å²) in [6.07, 6.45) is 3.98. The molecule has 0 fully saturated rings. The van der Waals surface area contributed by atoms with Crippen LogP contribution in [0.2, 0.25) is 0 Å². The lowest BCUT2D eigenvalue weighted by atomic mass is 9.93. The number of nitrogens with zero attached hydrogens (tertiary/aromatic N) is 2. The van der Waals surface area contributed by atoms with Gasteiger partial charge in [0.15, 0.2) is 5.76 Å². The van der Waals surface area contributed by atoms with E-state index in [-0.39, 0.29) is 17.9 Å². The maximum atomic E-state index is 11.9. The molecule has 3 heterocycles. The van der Waals surface area contributed by atoms with E-state index in [0.29, 0.717) is 5.76 Å². The molecule has 0 aliphatic heterocycles. The van der Waals surface area contributed by atoms with Crippen molar-refractivity contribution in [2.45, 2.75) is 33.1 Å². The molecule has 3 aromatic rings. The van der Waals surface area contributed by atoms with Crippen molar-refractivity contribution in [3.63, 3.8) is 0 Å². The Labute approximate surface area is 166 Å². The molecule has 4 rings (SSSR count). The molecule has 3 aromatic heterocycles. The Kier molecular flexibility index (Phi) is 4.34. The molecule has 144 valence electrons. The third-order valence-corrected chi connectivity index (χ3v) is 6.52. The highest BCUT2D eigenvalue weighted by Gasteiger charge is 2.32. The van der Waals surface area contributed by atoms with Crippen LogP contribution in [-0.2, 0) is 11.8 Å². The lowest BCUT2D eigenvalue weighted by molar-refractivity contribution is -0.118. The summed E-state index contributed by atoms with van der Waals surface area (Å²) in [6, 6.07) is 3.38. The molecule has 28 heavy (non-hydrogen) atoms. The number of pyridine rings is 1. The van der Waals surface area contributed by atoms with Crippen LogP contribution in [0.25, 0.3) is 16.0 Å². The maximum Gasteiger partial charge on any atom is 0.250 e. The van der Waals surface area contributed by atoms with Crippen LogP contribution in [0.3, 0.4) is 0 Å². The van der Waals surface area contributed by atoms with Crippen molar-refractivity contribution in [2.75, 3.05) is 0 Å². The fourth-order valence-corrected chi connectivity index (χ4v) is 5.04.